The molecule has 1 heterocycles. The van der Waals surface area contributed by atoms with Crippen LogP contribution in [-0.2, 0) is 6.54 Å². The van der Waals surface area contributed by atoms with Crippen LogP contribution in [0, 0.1) is 0 Å². The van der Waals surface area contributed by atoms with Gasteiger partial charge in [-0.2, -0.15) is 11.8 Å². The van der Waals surface area contributed by atoms with Crippen LogP contribution in [0.1, 0.15) is 12.5 Å². The molecule has 1 unspecified atom stereocenters. The number of fused-ring (bicyclic) bond motifs is 1. The second-order valence-electron chi connectivity index (χ2n) is 4.28. The van der Waals surface area contributed by atoms with Gasteiger partial charge in [-0.25, -0.2) is 0 Å². The van der Waals surface area contributed by atoms with Crippen LogP contribution in [0.15, 0.2) is 12.1 Å². The van der Waals surface area contributed by atoms with Crippen LogP contribution in [0.3, 0.4) is 0 Å². The summed E-state index contributed by atoms with van der Waals surface area (Å²) in [6.07, 6.45) is 2.12. The molecule has 1 aromatic rings. The number of halogens is 1. The molecule has 18 heavy (non-hydrogen) atoms. The maximum atomic E-state index is 6.18. The summed E-state index contributed by atoms with van der Waals surface area (Å²) in [6, 6.07) is 3.93. The lowest BCUT2D eigenvalue weighted by molar-refractivity contribution is 0.171. The van der Waals surface area contributed by atoms with Gasteiger partial charge >= 0.3 is 0 Å². The van der Waals surface area contributed by atoms with Crippen molar-refractivity contribution in [1.29, 1.82) is 0 Å². The van der Waals surface area contributed by atoms with E-state index < -0.39 is 0 Å². The molecule has 1 aliphatic rings. The second-order valence-corrected chi connectivity index (χ2v) is 5.96. The van der Waals surface area contributed by atoms with Crippen molar-refractivity contribution in [1.82, 2.24) is 5.32 Å². The molecule has 1 aromatic carbocycles. The minimum atomic E-state index is 0.565. The summed E-state index contributed by atoms with van der Waals surface area (Å²) < 4.78 is 11.0. The van der Waals surface area contributed by atoms with Crippen molar-refractivity contribution in [2.75, 3.05) is 26.0 Å². The summed E-state index contributed by atoms with van der Waals surface area (Å²) in [5.41, 5.74) is 1.12. The van der Waals surface area contributed by atoms with Crippen LogP contribution in [0.25, 0.3) is 0 Å². The van der Waals surface area contributed by atoms with Crippen LogP contribution in [0.4, 0.5) is 0 Å². The molecule has 1 N–H and O–H groups in total. The highest BCUT2D eigenvalue weighted by atomic mass is 35.5. The van der Waals surface area contributed by atoms with Crippen LogP contribution >= 0.6 is 23.4 Å². The van der Waals surface area contributed by atoms with Crippen molar-refractivity contribution < 1.29 is 9.47 Å². The standard InChI is InChI=1S/C13H18ClNO2S/c1-9(18-2)7-15-8-10-5-11(14)13-12(6-10)16-3-4-17-13/h5-6,9,15H,3-4,7-8H2,1-2H3. The molecule has 1 aliphatic heterocycles. The number of ether oxygens (including phenoxy) is 2. The van der Waals surface area contributed by atoms with E-state index in [0.717, 1.165) is 24.4 Å². The third kappa shape index (κ3) is 3.46. The zero-order valence-electron chi connectivity index (χ0n) is 10.7. The van der Waals surface area contributed by atoms with Gasteiger partial charge in [0.15, 0.2) is 11.5 Å². The number of rotatable bonds is 5. The van der Waals surface area contributed by atoms with Gasteiger partial charge in [-0.3, -0.25) is 0 Å². The van der Waals surface area contributed by atoms with Crippen molar-refractivity contribution in [3.63, 3.8) is 0 Å². The van der Waals surface area contributed by atoms with Crippen molar-refractivity contribution in [2.45, 2.75) is 18.7 Å². The third-order valence-corrected chi connectivity index (χ3v) is 4.07. The Balaban J connectivity index is 1.99. The van der Waals surface area contributed by atoms with Crippen LogP contribution in [0.5, 0.6) is 11.5 Å². The molecule has 0 aliphatic carbocycles. The van der Waals surface area contributed by atoms with Crippen molar-refractivity contribution in [3.05, 3.63) is 22.7 Å². The summed E-state index contributed by atoms with van der Waals surface area (Å²) in [7, 11) is 0. The molecule has 100 valence electrons. The first kappa shape index (κ1) is 13.8. The normalized spacial score (nSPS) is 15.5. The van der Waals surface area contributed by atoms with Crippen molar-refractivity contribution >= 4 is 23.4 Å². The van der Waals surface area contributed by atoms with Gasteiger partial charge in [-0.15, -0.1) is 0 Å². The maximum absolute atomic E-state index is 6.18. The topological polar surface area (TPSA) is 30.5 Å². The monoisotopic (exact) mass is 287 g/mol. The Morgan fingerprint density at radius 2 is 2.17 bits per heavy atom. The molecule has 0 saturated carbocycles. The van der Waals surface area contributed by atoms with Crippen molar-refractivity contribution in [3.8, 4) is 11.5 Å². The Bertz CT molecular complexity index is 414. The molecule has 5 heteroatoms. The fourth-order valence-electron chi connectivity index (χ4n) is 1.77. The minimum Gasteiger partial charge on any atom is -0.486 e. The van der Waals surface area contributed by atoms with Gasteiger partial charge in [0.2, 0.25) is 0 Å². The lowest BCUT2D eigenvalue weighted by Crippen LogP contribution is -2.22. The van der Waals surface area contributed by atoms with E-state index in [-0.39, 0.29) is 0 Å². The first-order chi connectivity index (χ1) is 8.70. The molecule has 0 radical (unpaired) electrons. The smallest absolute Gasteiger partial charge is 0.179 e. The van der Waals surface area contributed by atoms with E-state index in [1.807, 2.05) is 23.9 Å². The first-order valence-corrected chi connectivity index (χ1v) is 7.69. The highest BCUT2D eigenvalue weighted by molar-refractivity contribution is 7.99. The number of benzene rings is 1. The predicted octanol–water partition coefficient (Wildman–Crippen LogP) is 2.95. The molecule has 0 amide bonds. The van der Waals surface area contributed by atoms with E-state index in [0.29, 0.717) is 29.2 Å². The minimum absolute atomic E-state index is 0.565. The van der Waals surface area contributed by atoms with Gasteiger partial charge in [-0.1, -0.05) is 18.5 Å². The zero-order chi connectivity index (χ0) is 13.0. The molecular weight excluding hydrogens is 270 g/mol. The Morgan fingerprint density at radius 1 is 1.39 bits per heavy atom. The number of nitrogens with one attached hydrogen (secondary N) is 1. The molecular formula is C13H18ClNO2S. The third-order valence-electron chi connectivity index (χ3n) is 2.82. The van der Waals surface area contributed by atoms with Gasteiger partial charge in [0.1, 0.15) is 13.2 Å². The first-order valence-electron chi connectivity index (χ1n) is 6.02. The van der Waals surface area contributed by atoms with E-state index in [9.17, 15) is 0 Å². The highest BCUT2D eigenvalue weighted by Crippen LogP contribution is 2.38. The molecule has 1 atom stereocenters. The lowest BCUT2D eigenvalue weighted by atomic mass is 10.2. The van der Waals surface area contributed by atoms with Gasteiger partial charge < -0.3 is 14.8 Å². The van der Waals surface area contributed by atoms with E-state index in [1.54, 1.807) is 0 Å². The summed E-state index contributed by atoms with van der Waals surface area (Å²) in [5, 5.41) is 4.65. The fraction of sp³-hybridized carbons (Fsp3) is 0.538. The van der Waals surface area contributed by atoms with E-state index in [4.69, 9.17) is 21.1 Å². The molecule has 2 rings (SSSR count). The fourth-order valence-corrected chi connectivity index (χ4v) is 2.34. The number of hydrogen-bond acceptors (Lipinski definition) is 4. The summed E-state index contributed by atoms with van der Waals surface area (Å²) in [6.45, 7) is 5.13. The number of thioether (sulfide) groups is 1. The Kier molecular flexibility index (Phi) is 5.03. The van der Waals surface area contributed by atoms with Gasteiger partial charge in [0, 0.05) is 18.3 Å². The Morgan fingerprint density at radius 3 is 2.94 bits per heavy atom. The molecule has 0 aromatic heterocycles. The molecule has 0 spiro atoms. The zero-order valence-corrected chi connectivity index (χ0v) is 12.2. The Labute approximate surface area is 117 Å². The largest absolute Gasteiger partial charge is 0.486 e. The van der Waals surface area contributed by atoms with E-state index in [2.05, 4.69) is 18.5 Å². The number of hydrogen-bond donors (Lipinski definition) is 1. The van der Waals surface area contributed by atoms with Gasteiger partial charge in [0.05, 0.1) is 5.02 Å². The van der Waals surface area contributed by atoms with Gasteiger partial charge in [0.25, 0.3) is 0 Å². The van der Waals surface area contributed by atoms with Gasteiger partial charge in [-0.05, 0) is 24.0 Å². The lowest BCUT2D eigenvalue weighted by Gasteiger charge is -2.20. The van der Waals surface area contributed by atoms with Crippen LogP contribution in [0.2, 0.25) is 5.02 Å². The molecule has 0 bridgehead atoms. The van der Waals surface area contributed by atoms with E-state index in [1.165, 1.54) is 0 Å². The molecule has 0 fully saturated rings. The maximum Gasteiger partial charge on any atom is 0.179 e. The summed E-state index contributed by atoms with van der Waals surface area (Å²) >= 11 is 8.03. The second kappa shape index (κ2) is 6.55. The average Bonchev–Trinajstić information content (AvgIpc) is 2.38. The average molecular weight is 288 g/mol. The van der Waals surface area contributed by atoms with Crippen LogP contribution in [-0.4, -0.2) is 31.3 Å². The highest BCUT2D eigenvalue weighted by Gasteiger charge is 2.16. The predicted molar refractivity (Wildman–Crippen MR) is 77.1 cm³/mol. The molecule has 0 saturated heterocycles. The molecule has 3 nitrogen and oxygen atoms in total. The van der Waals surface area contributed by atoms with Crippen LogP contribution < -0.4 is 14.8 Å². The van der Waals surface area contributed by atoms with E-state index >= 15 is 0 Å². The Hall–Kier alpha value is -0.580. The van der Waals surface area contributed by atoms with Crippen molar-refractivity contribution in [2.24, 2.45) is 0 Å². The SMILES string of the molecule is CSC(C)CNCc1cc(Cl)c2c(c1)OCCO2. The summed E-state index contributed by atoms with van der Waals surface area (Å²) in [5.74, 6) is 1.42. The quantitative estimate of drug-likeness (QED) is 0.902. The summed E-state index contributed by atoms with van der Waals surface area (Å²) in [4.78, 5) is 0.